The summed E-state index contributed by atoms with van der Waals surface area (Å²) in [6.07, 6.45) is 0.555. The quantitative estimate of drug-likeness (QED) is 0.764. The highest BCUT2D eigenvalue weighted by Gasteiger charge is 2.12. The van der Waals surface area contributed by atoms with Gasteiger partial charge in [-0.1, -0.05) is 6.92 Å². The van der Waals surface area contributed by atoms with Crippen molar-refractivity contribution in [2.45, 2.75) is 13.3 Å². The number of thiophene rings is 1. The summed E-state index contributed by atoms with van der Waals surface area (Å²) < 4.78 is 26.7. The van der Waals surface area contributed by atoms with E-state index in [0.29, 0.717) is 23.2 Å². The van der Waals surface area contributed by atoms with E-state index in [1.807, 2.05) is 0 Å². The van der Waals surface area contributed by atoms with E-state index < -0.39 is 10.0 Å². The highest BCUT2D eigenvalue weighted by molar-refractivity contribution is 9.11. The molecule has 0 aliphatic rings. The minimum atomic E-state index is -3.31. The maximum absolute atomic E-state index is 12.2. The van der Waals surface area contributed by atoms with Gasteiger partial charge < -0.3 is 0 Å². The second kappa shape index (κ2) is 6.72. The van der Waals surface area contributed by atoms with Crippen molar-refractivity contribution < 1.29 is 13.2 Å². The third-order valence-electron chi connectivity index (χ3n) is 2.72. The van der Waals surface area contributed by atoms with Crippen molar-refractivity contribution in [3.8, 4) is 0 Å². The van der Waals surface area contributed by atoms with Crippen molar-refractivity contribution >= 4 is 48.8 Å². The summed E-state index contributed by atoms with van der Waals surface area (Å²) in [5.74, 6) is -0.00344. The van der Waals surface area contributed by atoms with E-state index in [-0.39, 0.29) is 11.5 Å². The highest BCUT2D eigenvalue weighted by Crippen LogP contribution is 2.23. The van der Waals surface area contributed by atoms with Gasteiger partial charge in [-0.15, -0.1) is 11.3 Å². The first-order valence-corrected chi connectivity index (χ1v) is 9.63. The molecular formula is C14H14BrNO3S2. The number of hydrogen-bond donors (Lipinski definition) is 1. The van der Waals surface area contributed by atoms with Gasteiger partial charge in [0.05, 0.1) is 9.54 Å². The Morgan fingerprint density at radius 1 is 1.24 bits per heavy atom. The average Bonchev–Trinajstić information content (AvgIpc) is 2.85. The molecule has 1 aromatic heterocycles. The van der Waals surface area contributed by atoms with Gasteiger partial charge in [-0.05, 0) is 52.7 Å². The molecule has 0 aliphatic carbocycles. The van der Waals surface area contributed by atoms with E-state index in [0.717, 1.165) is 3.79 Å². The van der Waals surface area contributed by atoms with E-state index in [9.17, 15) is 13.2 Å². The van der Waals surface area contributed by atoms with E-state index >= 15 is 0 Å². The molecule has 1 heterocycles. The summed E-state index contributed by atoms with van der Waals surface area (Å²) in [7, 11) is -3.31. The van der Waals surface area contributed by atoms with Crippen LogP contribution >= 0.6 is 27.3 Å². The number of nitrogens with one attached hydrogen (secondary N) is 1. The predicted molar refractivity (Wildman–Crippen MR) is 89.6 cm³/mol. The molecule has 0 fully saturated rings. The van der Waals surface area contributed by atoms with Crippen LogP contribution in [0.25, 0.3) is 0 Å². The first-order chi connectivity index (χ1) is 9.91. The Kier molecular flexibility index (Phi) is 5.18. The van der Waals surface area contributed by atoms with Gasteiger partial charge in [0, 0.05) is 22.2 Å². The first kappa shape index (κ1) is 16.2. The van der Waals surface area contributed by atoms with Crippen molar-refractivity contribution in [3.05, 3.63) is 50.6 Å². The van der Waals surface area contributed by atoms with Gasteiger partial charge in [0.15, 0.2) is 5.78 Å². The second-order valence-corrected chi connectivity index (χ2v) is 8.60. The normalized spacial score (nSPS) is 11.3. The number of carbonyl (C=O) groups excluding carboxylic acids is 1. The van der Waals surface area contributed by atoms with E-state index in [1.54, 1.807) is 42.6 Å². The molecule has 0 atom stereocenters. The Morgan fingerprint density at radius 2 is 1.90 bits per heavy atom. The minimum absolute atomic E-state index is 0.0800. The number of hydrogen-bond acceptors (Lipinski definition) is 4. The zero-order chi connectivity index (χ0) is 15.5. The van der Waals surface area contributed by atoms with Crippen molar-refractivity contribution in [2.75, 3.05) is 10.5 Å². The number of carbonyl (C=O) groups is 1. The maximum Gasteiger partial charge on any atom is 0.232 e. The van der Waals surface area contributed by atoms with Crippen LogP contribution in [0.5, 0.6) is 0 Å². The number of anilines is 1. The van der Waals surface area contributed by atoms with Gasteiger partial charge in [0.2, 0.25) is 10.0 Å². The molecule has 0 spiro atoms. The lowest BCUT2D eigenvalue weighted by atomic mass is 10.1. The molecule has 4 nitrogen and oxygen atoms in total. The van der Waals surface area contributed by atoms with Crippen LogP contribution in [0.2, 0.25) is 0 Å². The van der Waals surface area contributed by atoms with Gasteiger partial charge >= 0.3 is 0 Å². The molecule has 2 rings (SSSR count). The minimum Gasteiger partial charge on any atom is -0.289 e. The Bertz CT molecular complexity index is 736. The maximum atomic E-state index is 12.2. The topological polar surface area (TPSA) is 63.2 Å². The SMILES string of the molecule is CCCS(=O)(=O)Nc1ccc(C(=O)c2csc(Br)c2)cc1. The largest absolute Gasteiger partial charge is 0.289 e. The molecule has 7 heteroatoms. The van der Waals surface area contributed by atoms with Gasteiger partial charge in [0.1, 0.15) is 0 Å². The molecule has 2 aromatic rings. The van der Waals surface area contributed by atoms with Crippen LogP contribution in [-0.4, -0.2) is 20.0 Å². The zero-order valence-electron chi connectivity index (χ0n) is 11.3. The summed E-state index contributed by atoms with van der Waals surface area (Å²) in [5, 5.41) is 1.78. The Hall–Kier alpha value is -1.18. The van der Waals surface area contributed by atoms with Crippen molar-refractivity contribution in [1.29, 1.82) is 0 Å². The summed E-state index contributed by atoms with van der Waals surface area (Å²) in [6.45, 7) is 1.81. The van der Waals surface area contributed by atoms with Gasteiger partial charge in [-0.2, -0.15) is 0 Å². The van der Waals surface area contributed by atoms with Gasteiger partial charge in [-0.3, -0.25) is 9.52 Å². The molecule has 1 N–H and O–H groups in total. The van der Waals surface area contributed by atoms with Crippen molar-refractivity contribution in [3.63, 3.8) is 0 Å². The van der Waals surface area contributed by atoms with E-state index in [4.69, 9.17) is 0 Å². The Labute approximate surface area is 136 Å². The number of halogens is 1. The smallest absolute Gasteiger partial charge is 0.232 e. The van der Waals surface area contributed by atoms with Crippen LogP contribution in [0.1, 0.15) is 29.3 Å². The molecule has 0 radical (unpaired) electrons. The molecular weight excluding hydrogens is 374 g/mol. The first-order valence-electron chi connectivity index (χ1n) is 6.30. The van der Waals surface area contributed by atoms with Crippen molar-refractivity contribution in [1.82, 2.24) is 0 Å². The summed E-state index contributed by atoms with van der Waals surface area (Å²) in [6, 6.07) is 8.21. The van der Waals surface area contributed by atoms with Crippen LogP contribution in [0.15, 0.2) is 39.5 Å². The second-order valence-electron chi connectivity index (χ2n) is 4.47. The Morgan fingerprint density at radius 3 is 2.43 bits per heavy atom. The number of benzene rings is 1. The fourth-order valence-electron chi connectivity index (χ4n) is 1.78. The van der Waals surface area contributed by atoms with Gasteiger partial charge in [0.25, 0.3) is 0 Å². The molecule has 1 aromatic carbocycles. The number of sulfonamides is 1. The third kappa shape index (κ3) is 4.39. The van der Waals surface area contributed by atoms with E-state index in [1.165, 1.54) is 11.3 Å². The fraction of sp³-hybridized carbons (Fsp3) is 0.214. The van der Waals surface area contributed by atoms with Crippen LogP contribution in [0.3, 0.4) is 0 Å². The summed E-state index contributed by atoms with van der Waals surface area (Å²) >= 11 is 4.77. The van der Waals surface area contributed by atoms with Crippen molar-refractivity contribution in [2.24, 2.45) is 0 Å². The standard InChI is InChI=1S/C14H14BrNO3S2/c1-2-7-21(18,19)16-12-5-3-10(4-6-12)14(17)11-8-13(15)20-9-11/h3-6,8-9,16H,2,7H2,1H3. The molecule has 0 amide bonds. The zero-order valence-corrected chi connectivity index (χ0v) is 14.5. The van der Waals surface area contributed by atoms with E-state index in [2.05, 4.69) is 20.7 Å². The predicted octanol–water partition coefficient (Wildman–Crippen LogP) is 3.89. The molecule has 0 aliphatic heterocycles. The number of ketones is 1. The van der Waals surface area contributed by atoms with Crippen LogP contribution in [0.4, 0.5) is 5.69 Å². The summed E-state index contributed by atoms with van der Waals surface area (Å²) in [5.41, 5.74) is 1.61. The molecule has 0 unspecified atom stereocenters. The molecule has 0 saturated heterocycles. The third-order valence-corrected chi connectivity index (χ3v) is 5.72. The number of rotatable bonds is 6. The molecule has 0 bridgehead atoms. The fourth-order valence-corrected chi connectivity index (χ4v) is 4.06. The average molecular weight is 388 g/mol. The van der Waals surface area contributed by atoms with Crippen LogP contribution < -0.4 is 4.72 Å². The lowest BCUT2D eigenvalue weighted by molar-refractivity contribution is 0.103. The molecule has 0 saturated carbocycles. The molecule has 21 heavy (non-hydrogen) atoms. The molecule has 112 valence electrons. The van der Waals surface area contributed by atoms with Crippen LogP contribution in [-0.2, 0) is 10.0 Å². The summed E-state index contributed by atoms with van der Waals surface area (Å²) in [4.78, 5) is 12.2. The van der Waals surface area contributed by atoms with Crippen LogP contribution in [0, 0.1) is 0 Å². The van der Waals surface area contributed by atoms with Gasteiger partial charge in [-0.25, -0.2) is 8.42 Å². The lowest BCUT2D eigenvalue weighted by Crippen LogP contribution is -2.16. The lowest BCUT2D eigenvalue weighted by Gasteiger charge is -2.07. The highest BCUT2D eigenvalue weighted by atomic mass is 79.9. The monoisotopic (exact) mass is 387 g/mol. The Balaban J connectivity index is 2.14.